The molecule has 5 rings (SSSR count). The van der Waals surface area contributed by atoms with E-state index in [1.807, 2.05) is 66.7 Å². The average Bonchev–Trinajstić information content (AvgIpc) is 2.99. The molecule has 0 aliphatic rings. The van der Waals surface area contributed by atoms with E-state index < -0.39 is 0 Å². The second-order valence-corrected chi connectivity index (χ2v) is 8.94. The third-order valence-corrected chi connectivity index (χ3v) is 6.89. The van der Waals surface area contributed by atoms with E-state index in [-0.39, 0.29) is 36.9 Å². The molecule has 0 unspecified atom stereocenters. The van der Waals surface area contributed by atoms with E-state index in [4.69, 9.17) is 23.7 Å². The van der Waals surface area contributed by atoms with Gasteiger partial charge in [0.2, 0.25) is 0 Å². The molecule has 0 aromatic heterocycles. The molecule has 0 heterocycles. The number of ether oxygens (including phenoxy) is 5. The van der Waals surface area contributed by atoms with Crippen LogP contribution in [0.25, 0.3) is 44.2 Å². The van der Waals surface area contributed by atoms with Gasteiger partial charge in [0, 0.05) is 47.8 Å². The van der Waals surface area contributed by atoms with Gasteiger partial charge in [0.15, 0.2) is 0 Å². The summed E-state index contributed by atoms with van der Waals surface area (Å²) in [5.74, 6) is 3.66. The molecule has 0 aliphatic heterocycles. The molecule has 5 aromatic carbocycles. The maximum atomic E-state index is 10.6. The van der Waals surface area contributed by atoms with Gasteiger partial charge in [0.05, 0.1) is 35.5 Å². The zero-order chi connectivity index (χ0) is 27.5. The van der Waals surface area contributed by atoms with Gasteiger partial charge in [0.1, 0.15) is 34.5 Å². The number of aromatic hydroxyl groups is 1. The van der Waals surface area contributed by atoms with Gasteiger partial charge < -0.3 is 28.8 Å². The topological polar surface area (TPSA) is 66.4 Å². The fourth-order valence-electron chi connectivity index (χ4n) is 4.94. The Hall–Kier alpha value is -3.79. The fraction of sp³-hybridized carbons (Fsp3) is 0.152. The molecule has 1 N–H and O–H groups in total. The van der Waals surface area contributed by atoms with E-state index >= 15 is 0 Å². The van der Waals surface area contributed by atoms with Crippen LogP contribution in [-0.4, -0.2) is 40.7 Å². The largest absolute Gasteiger partial charge is 0.508 e. The molecule has 5 aromatic rings. The SMILES string of the molecule is COc1ccc(-c2ccc(OC)c(-c3cc(OC)c(-c4cc(OC)ccc4OC)c4ccc(O)cc34)c2)cc1.[U]. The molecule has 0 saturated carbocycles. The van der Waals surface area contributed by atoms with Crippen molar-refractivity contribution in [3.8, 4) is 67.9 Å². The Bertz CT molecular complexity index is 1650. The molecule has 6 nitrogen and oxygen atoms in total. The van der Waals surface area contributed by atoms with Gasteiger partial charge in [-0.05, 0) is 94.2 Å². The molecule has 0 bridgehead atoms. The third kappa shape index (κ3) is 5.45. The van der Waals surface area contributed by atoms with Gasteiger partial charge in [-0.1, -0.05) is 18.2 Å². The second kappa shape index (κ2) is 12.6. The Kier molecular flexibility index (Phi) is 9.19. The molecule has 0 spiro atoms. The van der Waals surface area contributed by atoms with E-state index in [9.17, 15) is 5.11 Å². The maximum absolute atomic E-state index is 10.6. The van der Waals surface area contributed by atoms with Crippen molar-refractivity contribution in [1.29, 1.82) is 0 Å². The van der Waals surface area contributed by atoms with Crippen molar-refractivity contribution in [3.63, 3.8) is 0 Å². The summed E-state index contributed by atoms with van der Waals surface area (Å²) in [6.07, 6.45) is 0. The van der Waals surface area contributed by atoms with E-state index in [2.05, 4.69) is 6.07 Å². The number of hydrogen-bond acceptors (Lipinski definition) is 6. The van der Waals surface area contributed by atoms with Crippen LogP contribution in [0.4, 0.5) is 0 Å². The van der Waals surface area contributed by atoms with Crippen molar-refractivity contribution in [2.75, 3.05) is 35.5 Å². The number of rotatable bonds is 8. The molecule has 7 heteroatoms. The van der Waals surface area contributed by atoms with Crippen LogP contribution in [0.15, 0.2) is 84.9 Å². The standard InChI is InChI=1S/C33H30O6.U/c1-35-23-10-6-20(7-11-23)21-8-14-30(37-3)28(16-21)27-19-32(39-5)33(25-13-9-22(34)17-26(25)27)29-18-24(36-2)12-15-31(29)38-4;/h6-19,34H,1-5H3;. The number of hydrogen-bond donors (Lipinski definition) is 1. The van der Waals surface area contributed by atoms with E-state index in [0.29, 0.717) is 23.0 Å². The van der Waals surface area contributed by atoms with E-state index in [1.165, 1.54) is 0 Å². The first-order chi connectivity index (χ1) is 19.0. The molecule has 0 amide bonds. The fourth-order valence-corrected chi connectivity index (χ4v) is 4.94. The Labute approximate surface area is 257 Å². The van der Waals surface area contributed by atoms with Crippen molar-refractivity contribution in [2.45, 2.75) is 0 Å². The zero-order valence-corrected chi connectivity index (χ0v) is 27.2. The number of phenols is 1. The van der Waals surface area contributed by atoms with Crippen molar-refractivity contribution < 1.29 is 59.9 Å². The summed E-state index contributed by atoms with van der Waals surface area (Å²) in [7, 11) is 8.21. The normalized spacial score (nSPS) is 10.5. The monoisotopic (exact) mass is 760 g/mol. The zero-order valence-electron chi connectivity index (χ0n) is 23.1. The second-order valence-electron chi connectivity index (χ2n) is 8.94. The average molecular weight is 761 g/mol. The third-order valence-electron chi connectivity index (χ3n) is 6.89. The smallest absolute Gasteiger partial charge is 0.128 e. The minimum Gasteiger partial charge on any atom is -0.508 e. The van der Waals surface area contributed by atoms with Crippen LogP contribution in [0.2, 0.25) is 0 Å². The molecule has 0 fully saturated rings. The molecule has 0 radical (unpaired) electrons. The molecule has 0 saturated heterocycles. The van der Waals surface area contributed by atoms with Crippen molar-refractivity contribution in [3.05, 3.63) is 84.9 Å². The number of phenolic OH excluding ortho intramolecular Hbond substituents is 1. The minimum atomic E-state index is 0. The summed E-state index contributed by atoms with van der Waals surface area (Å²) >= 11 is 0. The summed E-state index contributed by atoms with van der Waals surface area (Å²) in [5.41, 5.74) is 5.42. The van der Waals surface area contributed by atoms with Crippen molar-refractivity contribution in [1.82, 2.24) is 0 Å². The van der Waals surface area contributed by atoms with Crippen LogP contribution in [-0.2, 0) is 0 Å². The molecule has 0 atom stereocenters. The Morgan fingerprint density at radius 3 is 1.70 bits per heavy atom. The van der Waals surface area contributed by atoms with Gasteiger partial charge in [-0.3, -0.25) is 0 Å². The van der Waals surface area contributed by atoms with Crippen LogP contribution < -0.4 is 23.7 Å². The van der Waals surface area contributed by atoms with Crippen LogP contribution >= 0.6 is 0 Å². The van der Waals surface area contributed by atoms with Gasteiger partial charge in [-0.25, -0.2) is 0 Å². The van der Waals surface area contributed by atoms with Crippen molar-refractivity contribution >= 4 is 10.8 Å². The predicted molar refractivity (Wildman–Crippen MR) is 155 cm³/mol. The molecule has 40 heavy (non-hydrogen) atoms. The summed E-state index contributed by atoms with van der Waals surface area (Å²) in [6, 6.07) is 26.9. The number of methoxy groups -OCH3 is 5. The summed E-state index contributed by atoms with van der Waals surface area (Å²) in [5, 5.41) is 12.3. The summed E-state index contributed by atoms with van der Waals surface area (Å²) in [6.45, 7) is 0. The van der Waals surface area contributed by atoms with Gasteiger partial charge in [0.25, 0.3) is 0 Å². The maximum Gasteiger partial charge on any atom is 0.128 e. The van der Waals surface area contributed by atoms with Gasteiger partial charge >= 0.3 is 0 Å². The first-order valence-corrected chi connectivity index (χ1v) is 12.4. The van der Waals surface area contributed by atoms with Crippen LogP contribution in [0.3, 0.4) is 0 Å². The Morgan fingerprint density at radius 1 is 0.450 bits per heavy atom. The van der Waals surface area contributed by atoms with Crippen molar-refractivity contribution in [2.24, 2.45) is 0 Å². The molecule has 0 aliphatic carbocycles. The van der Waals surface area contributed by atoms with E-state index in [0.717, 1.165) is 49.9 Å². The van der Waals surface area contributed by atoms with Crippen LogP contribution in [0, 0.1) is 31.1 Å². The van der Waals surface area contributed by atoms with Gasteiger partial charge in [-0.15, -0.1) is 0 Å². The first kappa shape index (κ1) is 29.2. The Morgan fingerprint density at radius 2 is 1.05 bits per heavy atom. The molecular weight excluding hydrogens is 730 g/mol. The summed E-state index contributed by atoms with van der Waals surface area (Å²) in [4.78, 5) is 0. The first-order valence-electron chi connectivity index (χ1n) is 12.4. The quantitative estimate of drug-likeness (QED) is 0.176. The predicted octanol–water partition coefficient (Wildman–Crippen LogP) is 7.59. The van der Waals surface area contributed by atoms with Gasteiger partial charge in [-0.2, -0.15) is 0 Å². The summed E-state index contributed by atoms with van der Waals surface area (Å²) < 4.78 is 28.3. The molecular formula is C33H30O6U. The van der Waals surface area contributed by atoms with Crippen LogP contribution in [0.5, 0.6) is 34.5 Å². The number of fused-ring (bicyclic) bond motifs is 1. The number of benzene rings is 5. The van der Waals surface area contributed by atoms with E-state index in [1.54, 1.807) is 47.7 Å². The Balaban J connectivity index is 0.00000370. The minimum absolute atomic E-state index is 0. The van der Waals surface area contributed by atoms with Crippen LogP contribution in [0.1, 0.15) is 0 Å². The molecule has 202 valence electrons.